The van der Waals surface area contributed by atoms with Gasteiger partial charge in [0, 0.05) is 12.8 Å². The minimum atomic E-state index is -0.851. The summed E-state index contributed by atoms with van der Waals surface area (Å²) in [5, 5.41) is 23.3. The smallest absolute Gasteiger partial charge is 0.305 e. The Balaban J connectivity index is 3.43. The Morgan fingerprint density at radius 1 is 0.326 bits per heavy atom. The highest BCUT2D eigenvalue weighted by molar-refractivity contribution is 5.76. The van der Waals surface area contributed by atoms with Gasteiger partial charge in [-0.3, -0.25) is 9.59 Å². The number of unbranched alkanes of at least 4 members (excludes halogenated alkanes) is 59. The molecule has 0 saturated heterocycles. The number of rotatable bonds is 74. The van der Waals surface area contributed by atoms with Crippen molar-refractivity contribution >= 4 is 11.9 Å². The maximum Gasteiger partial charge on any atom is 0.305 e. The molecule has 86 heavy (non-hydrogen) atoms. The number of aliphatic hydroxyl groups excluding tert-OH is 2. The van der Waals surface area contributed by atoms with E-state index in [1.165, 1.54) is 366 Å². The molecular weight excluding hydrogens is 1050 g/mol. The number of ether oxygens (including phenoxy) is 1. The van der Waals surface area contributed by atoms with Crippen molar-refractivity contribution in [2.24, 2.45) is 0 Å². The standard InChI is InChI=1S/C80H153NO5/c1-3-5-7-9-11-13-15-17-19-21-23-24-25-27-30-33-37-40-44-48-52-56-60-64-68-72-78(83)77(76-82)81-79(84)73-69-65-61-57-53-49-45-41-38-34-31-28-26-29-32-35-39-43-47-51-55-59-63-67-71-75-86-80(85)74-70-66-62-58-54-50-46-42-36-22-20-18-16-14-12-10-8-6-4-2/h28-29,31-32,68,72,77-78,82-83H,3-27,30,33-67,69-71,73-76H2,1-2H3,(H,81,84)/b31-28-,32-29-,72-68+. The monoisotopic (exact) mass is 1210 g/mol. The van der Waals surface area contributed by atoms with Crippen LogP contribution in [0.4, 0.5) is 0 Å². The molecule has 0 heterocycles. The first-order valence-corrected chi connectivity index (χ1v) is 39.3. The van der Waals surface area contributed by atoms with E-state index in [1.54, 1.807) is 6.08 Å². The van der Waals surface area contributed by atoms with Crippen molar-refractivity contribution in [2.45, 2.75) is 450 Å². The Morgan fingerprint density at radius 3 is 0.884 bits per heavy atom. The first-order chi connectivity index (χ1) is 42.5. The Kier molecular flexibility index (Phi) is 73.9. The lowest BCUT2D eigenvalue weighted by atomic mass is 10.0. The minimum absolute atomic E-state index is 0.0143. The summed E-state index contributed by atoms with van der Waals surface area (Å²) < 4.78 is 5.51. The molecule has 2 unspecified atom stereocenters. The SMILES string of the molecule is CCCCCCCCCCCCCCCCCCCCCCCCC/C=C/C(O)C(CO)NC(=O)CCCCCCCCCCC/C=C\C/C=C\CCCCCCCCCCCOC(=O)CCCCCCCCCCCCCCCCCCCCC. The van der Waals surface area contributed by atoms with Crippen LogP contribution in [-0.4, -0.2) is 47.4 Å². The van der Waals surface area contributed by atoms with Crippen LogP contribution < -0.4 is 5.32 Å². The summed E-state index contributed by atoms with van der Waals surface area (Å²) in [6.45, 7) is 4.95. The average Bonchev–Trinajstić information content (AvgIpc) is 3.54. The molecule has 0 aliphatic carbocycles. The number of carbonyl (C=O) groups excluding carboxylic acids is 2. The van der Waals surface area contributed by atoms with Gasteiger partial charge in [0.1, 0.15) is 0 Å². The number of allylic oxidation sites excluding steroid dienone is 5. The van der Waals surface area contributed by atoms with Crippen molar-refractivity contribution in [3.05, 3.63) is 36.5 Å². The summed E-state index contributed by atoms with van der Waals surface area (Å²) in [7, 11) is 0. The molecule has 3 N–H and O–H groups in total. The molecule has 0 aliphatic rings. The highest BCUT2D eigenvalue weighted by atomic mass is 16.5. The Morgan fingerprint density at radius 2 is 0.581 bits per heavy atom. The van der Waals surface area contributed by atoms with Crippen LogP contribution in [0.5, 0.6) is 0 Å². The molecular formula is C80H153NO5. The van der Waals surface area contributed by atoms with Gasteiger partial charge < -0.3 is 20.3 Å². The number of hydrogen-bond donors (Lipinski definition) is 3. The fraction of sp³-hybridized carbons (Fsp3) is 0.900. The van der Waals surface area contributed by atoms with Crippen molar-refractivity contribution in [1.82, 2.24) is 5.32 Å². The van der Waals surface area contributed by atoms with Crippen LogP contribution in [0.3, 0.4) is 0 Å². The molecule has 0 aromatic carbocycles. The molecule has 1 amide bonds. The van der Waals surface area contributed by atoms with E-state index in [4.69, 9.17) is 4.74 Å². The summed E-state index contributed by atoms with van der Waals surface area (Å²) in [4.78, 5) is 24.7. The number of hydrogen-bond acceptors (Lipinski definition) is 5. The lowest BCUT2D eigenvalue weighted by molar-refractivity contribution is -0.143. The van der Waals surface area contributed by atoms with E-state index in [1.807, 2.05) is 6.08 Å². The molecule has 0 aromatic heterocycles. The molecule has 0 aliphatic heterocycles. The zero-order valence-corrected chi connectivity index (χ0v) is 58.3. The molecule has 0 bridgehead atoms. The lowest BCUT2D eigenvalue weighted by Crippen LogP contribution is -2.45. The average molecular weight is 1210 g/mol. The van der Waals surface area contributed by atoms with Gasteiger partial charge in [-0.25, -0.2) is 0 Å². The zero-order chi connectivity index (χ0) is 62.0. The van der Waals surface area contributed by atoms with E-state index in [9.17, 15) is 19.8 Å². The van der Waals surface area contributed by atoms with Crippen molar-refractivity contribution < 1.29 is 24.5 Å². The molecule has 0 aromatic rings. The fourth-order valence-electron chi connectivity index (χ4n) is 12.4. The van der Waals surface area contributed by atoms with Gasteiger partial charge >= 0.3 is 5.97 Å². The van der Waals surface area contributed by atoms with Gasteiger partial charge in [0.25, 0.3) is 0 Å². The third-order valence-electron chi connectivity index (χ3n) is 18.4. The van der Waals surface area contributed by atoms with Crippen LogP contribution in [0.15, 0.2) is 36.5 Å². The molecule has 508 valence electrons. The Bertz CT molecular complexity index is 1390. The highest BCUT2D eigenvalue weighted by Gasteiger charge is 2.18. The van der Waals surface area contributed by atoms with Crippen molar-refractivity contribution in [1.29, 1.82) is 0 Å². The van der Waals surface area contributed by atoms with Crippen LogP contribution in [-0.2, 0) is 14.3 Å². The third-order valence-corrected chi connectivity index (χ3v) is 18.4. The number of carbonyl (C=O) groups is 2. The summed E-state index contributed by atoms with van der Waals surface area (Å²) in [5.41, 5.74) is 0. The summed E-state index contributed by atoms with van der Waals surface area (Å²) >= 11 is 0. The molecule has 0 radical (unpaired) electrons. The Labute approximate surface area is 538 Å². The molecule has 0 spiro atoms. The molecule has 0 saturated carbocycles. The number of nitrogens with one attached hydrogen (secondary N) is 1. The van der Waals surface area contributed by atoms with E-state index in [0.717, 1.165) is 44.9 Å². The molecule has 0 fully saturated rings. The summed E-state index contributed by atoms with van der Waals surface area (Å²) in [6, 6.07) is -0.635. The molecule has 0 rings (SSSR count). The molecule has 6 heteroatoms. The van der Waals surface area contributed by atoms with E-state index in [-0.39, 0.29) is 18.5 Å². The first-order valence-electron chi connectivity index (χ1n) is 39.3. The maximum absolute atomic E-state index is 12.5. The van der Waals surface area contributed by atoms with E-state index >= 15 is 0 Å². The van der Waals surface area contributed by atoms with Crippen LogP contribution >= 0.6 is 0 Å². The molecule has 6 nitrogen and oxygen atoms in total. The van der Waals surface area contributed by atoms with Gasteiger partial charge in [0.2, 0.25) is 5.91 Å². The van der Waals surface area contributed by atoms with Gasteiger partial charge in [0.05, 0.1) is 25.4 Å². The van der Waals surface area contributed by atoms with Crippen LogP contribution in [0.25, 0.3) is 0 Å². The second kappa shape index (κ2) is 75.5. The predicted octanol–water partition coefficient (Wildman–Crippen LogP) is 25.8. The van der Waals surface area contributed by atoms with E-state index in [2.05, 4.69) is 43.5 Å². The maximum atomic E-state index is 12.5. The quantitative estimate of drug-likeness (QED) is 0.0320. The minimum Gasteiger partial charge on any atom is -0.466 e. The first kappa shape index (κ1) is 84.1. The number of esters is 1. The normalized spacial score (nSPS) is 12.7. The van der Waals surface area contributed by atoms with Crippen LogP contribution in [0.1, 0.15) is 438 Å². The predicted molar refractivity (Wildman–Crippen MR) is 379 cm³/mol. The van der Waals surface area contributed by atoms with Crippen molar-refractivity contribution in [3.8, 4) is 0 Å². The van der Waals surface area contributed by atoms with E-state index < -0.39 is 12.1 Å². The second-order valence-corrected chi connectivity index (χ2v) is 27.0. The number of aliphatic hydroxyl groups is 2. The van der Waals surface area contributed by atoms with Gasteiger partial charge in [-0.1, -0.05) is 397 Å². The topological polar surface area (TPSA) is 95.9 Å². The van der Waals surface area contributed by atoms with Crippen molar-refractivity contribution in [3.63, 3.8) is 0 Å². The summed E-state index contributed by atoms with van der Waals surface area (Å²) in [6.07, 6.45) is 98.2. The fourth-order valence-corrected chi connectivity index (χ4v) is 12.4. The van der Waals surface area contributed by atoms with Gasteiger partial charge in [-0.2, -0.15) is 0 Å². The lowest BCUT2D eigenvalue weighted by Gasteiger charge is -2.20. The van der Waals surface area contributed by atoms with Gasteiger partial charge in [-0.15, -0.1) is 0 Å². The van der Waals surface area contributed by atoms with Gasteiger partial charge in [0.15, 0.2) is 0 Å². The highest BCUT2D eigenvalue weighted by Crippen LogP contribution is 2.19. The van der Waals surface area contributed by atoms with E-state index in [0.29, 0.717) is 19.4 Å². The third kappa shape index (κ3) is 71.2. The largest absolute Gasteiger partial charge is 0.466 e. The summed E-state index contributed by atoms with van der Waals surface area (Å²) in [5.74, 6) is -0.0552. The van der Waals surface area contributed by atoms with Crippen molar-refractivity contribution in [2.75, 3.05) is 13.2 Å². The second-order valence-electron chi connectivity index (χ2n) is 27.0. The van der Waals surface area contributed by atoms with Crippen LogP contribution in [0.2, 0.25) is 0 Å². The zero-order valence-electron chi connectivity index (χ0n) is 58.3. The number of amides is 1. The Hall–Kier alpha value is -1.92. The van der Waals surface area contributed by atoms with Gasteiger partial charge in [-0.05, 0) is 64.2 Å². The molecule has 2 atom stereocenters. The van der Waals surface area contributed by atoms with Crippen LogP contribution in [0, 0.1) is 0 Å².